The lowest BCUT2D eigenvalue weighted by Crippen LogP contribution is -2.37. The number of aromatic nitrogens is 1. The van der Waals surface area contributed by atoms with Crippen LogP contribution in [0.1, 0.15) is 35.7 Å². The Kier molecular flexibility index (Phi) is 5.30. The van der Waals surface area contributed by atoms with E-state index in [4.69, 9.17) is 9.72 Å². The number of esters is 1. The topological polar surface area (TPSA) is 68.3 Å². The van der Waals surface area contributed by atoms with E-state index in [2.05, 4.69) is 5.32 Å². The molecular formula is C24H24N2O3. The van der Waals surface area contributed by atoms with Crippen LogP contribution in [0.4, 0.5) is 0 Å². The van der Waals surface area contributed by atoms with E-state index >= 15 is 0 Å². The van der Waals surface area contributed by atoms with Crippen molar-refractivity contribution in [2.75, 3.05) is 6.61 Å². The highest BCUT2D eigenvalue weighted by Gasteiger charge is 2.29. The zero-order chi connectivity index (χ0) is 20.4. The lowest BCUT2D eigenvalue weighted by molar-refractivity contribution is -0.124. The fourth-order valence-corrected chi connectivity index (χ4v) is 3.66. The lowest BCUT2D eigenvalue weighted by atomic mass is 9.98. The molecule has 0 bridgehead atoms. The summed E-state index contributed by atoms with van der Waals surface area (Å²) in [6.45, 7) is 3.57. The van der Waals surface area contributed by atoms with Crippen molar-refractivity contribution >= 4 is 22.8 Å². The zero-order valence-electron chi connectivity index (χ0n) is 16.6. The molecule has 1 aromatic heterocycles. The molecule has 0 saturated heterocycles. The summed E-state index contributed by atoms with van der Waals surface area (Å²) in [4.78, 5) is 29.9. The van der Waals surface area contributed by atoms with Crippen LogP contribution in [0, 0.1) is 12.8 Å². The number of para-hydroxylation sites is 1. The Labute approximate surface area is 170 Å². The summed E-state index contributed by atoms with van der Waals surface area (Å²) in [5.74, 6) is -0.223. The molecule has 1 atom stereocenters. The van der Waals surface area contributed by atoms with Gasteiger partial charge in [0.1, 0.15) is 0 Å². The van der Waals surface area contributed by atoms with Crippen LogP contribution in [0.25, 0.3) is 22.2 Å². The van der Waals surface area contributed by atoms with Crippen LogP contribution in [0.2, 0.25) is 0 Å². The van der Waals surface area contributed by atoms with Crippen LogP contribution in [-0.4, -0.2) is 29.5 Å². The third-order valence-corrected chi connectivity index (χ3v) is 5.44. The van der Waals surface area contributed by atoms with E-state index in [1.165, 1.54) is 0 Å². The Bertz CT molecular complexity index is 1060. The number of amides is 1. The first kappa shape index (κ1) is 19.1. The van der Waals surface area contributed by atoms with Gasteiger partial charge in [-0.05, 0) is 44.2 Å². The summed E-state index contributed by atoms with van der Waals surface area (Å²) in [5.41, 5.74) is 3.59. The van der Waals surface area contributed by atoms with Crippen molar-refractivity contribution in [2.45, 2.75) is 32.7 Å². The van der Waals surface area contributed by atoms with Gasteiger partial charge in [0.05, 0.1) is 16.8 Å². The lowest BCUT2D eigenvalue weighted by Gasteiger charge is -2.15. The highest BCUT2D eigenvalue weighted by molar-refractivity contribution is 6.06. The minimum atomic E-state index is -0.507. The molecule has 4 rings (SSSR count). The molecule has 0 aliphatic heterocycles. The third kappa shape index (κ3) is 4.14. The molecule has 1 aliphatic carbocycles. The molecule has 1 heterocycles. The molecule has 2 aromatic carbocycles. The molecule has 29 heavy (non-hydrogen) atoms. The van der Waals surface area contributed by atoms with Gasteiger partial charge in [-0.3, -0.25) is 4.79 Å². The number of nitrogens with zero attached hydrogens (tertiary/aromatic N) is 1. The van der Waals surface area contributed by atoms with Crippen LogP contribution < -0.4 is 5.32 Å². The second-order valence-corrected chi connectivity index (χ2v) is 7.61. The van der Waals surface area contributed by atoms with Crippen molar-refractivity contribution in [3.05, 3.63) is 65.7 Å². The number of hydrogen-bond donors (Lipinski definition) is 1. The molecule has 5 nitrogen and oxygen atoms in total. The van der Waals surface area contributed by atoms with E-state index in [9.17, 15) is 9.59 Å². The Balaban J connectivity index is 1.62. The summed E-state index contributed by atoms with van der Waals surface area (Å²) in [7, 11) is 0. The summed E-state index contributed by atoms with van der Waals surface area (Å²) in [5, 5.41) is 3.63. The first-order chi connectivity index (χ1) is 14.0. The molecule has 0 spiro atoms. The van der Waals surface area contributed by atoms with Crippen LogP contribution in [-0.2, 0) is 9.53 Å². The van der Waals surface area contributed by atoms with Gasteiger partial charge in [0, 0.05) is 17.0 Å². The van der Waals surface area contributed by atoms with Crippen molar-refractivity contribution < 1.29 is 14.3 Å². The molecule has 1 N–H and O–H groups in total. The van der Waals surface area contributed by atoms with Crippen molar-refractivity contribution in [2.24, 2.45) is 5.92 Å². The summed E-state index contributed by atoms with van der Waals surface area (Å²) in [6, 6.07) is 17.4. The van der Waals surface area contributed by atoms with Crippen LogP contribution in [0.15, 0.2) is 54.6 Å². The Morgan fingerprint density at radius 3 is 2.52 bits per heavy atom. The van der Waals surface area contributed by atoms with Gasteiger partial charge in [0.2, 0.25) is 0 Å². The number of carbonyl (C=O) groups excluding carboxylic acids is 2. The SMILES string of the molecule is Cc1c(-c2ccccc2)nc2ccccc2c1C(=O)OCC(=O)N[C@@H](C)C1CC1. The summed E-state index contributed by atoms with van der Waals surface area (Å²) < 4.78 is 5.39. The first-order valence-corrected chi connectivity index (χ1v) is 9.96. The number of hydrogen-bond acceptors (Lipinski definition) is 4. The van der Waals surface area contributed by atoms with Crippen molar-refractivity contribution in [3.8, 4) is 11.3 Å². The van der Waals surface area contributed by atoms with Crippen molar-refractivity contribution in [3.63, 3.8) is 0 Å². The van der Waals surface area contributed by atoms with Gasteiger partial charge >= 0.3 is 5.97 Å². The van der Waals surface area contributed by atoms with E-state index in [0.29, 0.717) is 11.5 Å². The number of benzene rings is 2. The van der Waals surface area contributed by atoms with Crippen LogP contribution in [0.5, 0.6) is 0 Å². The van der Waals surface area contributed by atoms with Gasteiger partial charge in [-0.2, -0.15) is 0 Å². The van der Waals surface area contributed by atoms with Gasteiger partial charge < -0.3 is 10.1 Å². The molecule has 1 amide bonds. The molecule has 0 radical (unpaired) electrons. The largest absolute Gasteiger partial charge is 0.452 e. The molecule has 0 unspecified atom stereocenters. The van der Waals surface area contributed by atoms with Gasteiger partial charge in [0.15, 0.2) is 6.61 Å². The second kappa shape index (κ2) is 8.03. The normalized spacial score (nSPS) is 14.4. The number of pyridine rings is 1. The monoisotopic (exact) mass is 388 g/mol. The van der Waals surface area contributed by atoms with Crippen LogP contribution in [0.3, 0.4) is 0 Å². The Hall–Kier alpha value is -3.21. The molecular weight excluding hydrogens is 364 g/mol. The maximum atomic E-state index is 13.0. The Morgan fingerprint density at radius 1 is 1.10 bits per heavy atom. The van der Waals surface area contributed by atoms with Gasteiger partial charge in [-0.25, -0.2) is 9.78 Å². The van der Waals surface area contributed by atoms with E-state index in [1.54, 1.807) is 0 Å². The van der Waals surface area contributed by atoms with Gasteiger partial charge in [-0.15, -0.1) is 0 Å². The fourth-order valence-electron chi connectivity index (χ4n) is 3.66. The molecule has 1 aliphatic rings. The highest BCUT2D eigenvalue weighted by Crippen LogP contribution is 2.32. The predicted octanol–water partition coefficient (Wildman–Crippen LogP) is 4.28. The maximum Gasteiger partial charge on any atom is 0.339 e. The zero-order valence-corrected chi connectivity index (χ0v) is 16.6. The summed E-state index contributed by atoms with van der Waals surface area (Å²) >= 11 is 0. The first-order valence-electron chi connectivity index (χ1n) is 9.96. The molecule has 1 fully saturated rings. The van der Waals surface area contributed by atoms with Gasteiger partial charge in [-0.1, -0.05) is 48.5 Å². The average Bonchev–Trinajstić information content (AvgIpc) is 3.58. The average molecular weight is 388 g/mol. The third-order valence-electron chi connectivity index (χ3n) is 5.44. The molecule has 1 saturated carbocycles. The molecule has 5 heteroatoms. The standard InChI is InChI=1S/C24H24N2O3/c1-15-22(24(28)29-14-21(27)25-16(2)17-12-13-17)19-10-6-7-11-20(19)26-23(15)18-8-4-3-5-9-18/h3-11,16-17H,12-14H2,1-2H3,(H,25,27)/t16-/m0/s1. The van der Waals surface area contributed by atoms with E-state index in [1.807, 2.05) is 68.4 Å². The predicted molar refractivity (Wildman–Crippen MR) is 113 cm³/mol. The second-order valence-electron chi connectivity index (χ2n) is 7.61. The smallest absolute Gasteiger partial charge is 0.339 e. The number of fused-ring (bicyclic) bond motifs is 1. The number of carbonyl (C=O) groups is 2. The minimum Gasteiger partial charge on any atom is -0.452 e. The number of rotatable bonds is 6. The van der Waals surface area contributed by atoms with E-state index in [-0.39, 0.29) is 18.6 Å². The Morgan fingerprint density at radius 2 is 1.79 bits per heavy atom. The van der Waals surface area contributed by atoms with Crippen molar-refractivity contribution in [1.29, 1.82) is 0 Å². The van der Waals surface area contributed by atoms with Crippen LogP contribution >= 0.6 is 0 Å². The fraction of sp³-hybridized carbons (Fsp3) is 0.292. The number of ether oxygens (including phenoxy) is 1. The van der Waals surface area contributed by atoms with Crippen molar-refractivity contribution in [1.82, 2.24) is 10.3 Å². The highest BCUT2D eigenvalue weighted by atomic mass is 16.5. The minimum absolute atomic E-state index is 0.120. The maximum absolute atomic E-state index is 13.0. The number of nitrogens with one attached hydrogen (secondary N) is 1. The van der Waals surface area contributed by atoms with E-state index in [0.717, 1.165) is 40.6 Å². The van der Waals surface area contributed by atoms with Gasteiger partial charge in [0.25, 0.3) is 5.91 Å². The molecule has 148 valence electrons. The quantitative estimate of drug-likeness (QED) is 0.640. The summed E-state index contributed by atoms with van der Waals surface area (Å²) in [6.07, 6.45) is 2.29. The van der Waals surface area contributed by atoms with E-state index < -0.39 is 5.97 Å². The molecule has 3 aromatic rings.